The zero-order chi connectivity index (χ0) is 17.2. The van der Waals surface area contributed by atoms with Gasteiger partial charge < -0.3 is 10.1 Å². The van der Waals surface area contributed by atoms with Crippen LogP contribution < -0.4 is 14.4 Å². The number of rotatable bonds is 5. The number of fused-ring (bicyclic) bond motifs is 1. The van der Waals surface area contributed by atoms with Crippen molar-refractivity contribution in [2.45, 2.75) is 16.7 Å². The molecule has 24 heavy (non-hydrogen) atoms. The summed E-state index contributed by atoms with van der Waals surface area (Å²) in [6, 6.07) is 12.3. The van der Waals surface area contributed by atoms with Gasteiger partial charge in [0.2, 0.25) is 0 Å². The monoisotopic (exact) mass is 364 g/mol. The van der Waals surface area contributed by atoms with Crippen molar-refractivity contribution in [3.8, 4) is 5.75 Å². The predicted molar refractivity (Wildman–Crippen MR) is 98.9 cm³/mol. The van der Waals surface area contributed by atoms with Gasteiger partial charge in [0.05, 0.1) is 17.2 Å². The molecule has 1 aliphatic heterocycles. The topological polar surface area (TPSA) is 58.6 Å². The van der Waals surface area contributed by atoms with Gasteiger partial charge in [-0.3, -0.25) is 4.31 Å². The first-order valence-electron chi connectivity index (χ1n) is 7.75. The highest BCUT2D eigenvalue weighted by molar-refractivity contribution is 7.99. The Morgan fingerprint density at radius 1 is 1.21 bits per heavy atom. The molecule has 0 radical (unpaired) electrons. The standard InChI is InChI=1S/C17H20N2O3S2/c1-3-22-14-6-4-13(5-7-14)19(2)24(20,21)15-8-9-17-16(12-15)18-10-11-23-17/h4-9,12,18H,3,10-11H2,1-2H3. The third-order valence-electron chi connectivity index (χ3n) is 3.80. The van der Waals surface area contributed by atoms with Gasteiger partial charge in [-0.05, 0) is 49.4 Å². The molecule has 3 rings (SSSR count). The lowest BCUT2D eigenvalue weighted by Crippen LogP contribution is -2.26. The number of benzene rings is 2. The summed E-state index contributed by atoms with van der Waals surface area (Å²) in [5.41, 5.74) is 1.48. The number of anilines is 2. The van der Waals surface area contributed by atoms with E-state index < -0.39 is 10.0 Å². The van der Waals surface area contributed by atoms with E-state index in [1.165, 1.54) is 4.31 Å². The number of nitrogens with one attached hydrogen (secondary N) is 1. The molecule has 0 aromatic heterocycles. The highest BCUT2D eigenvalue weighted by Crippen LogP contribution is 2.34. The third-order valence-corrected chi connectivity index (χ3v) is 6.65. The summed E-state index contributed by atoms with van der Waals surface area (Å²) in [5.74, 6) is 1.72. The Balaban J connectivity index is 1.89. The van der Waals surface area contributed by atoms with Crippen molar-refractivity contribution in [2.24, 2.45) is 0 Å². The second-order valence-corrected chi connectivity index (χ2v) is 8.44. The summed E-state index contributed by atoms with van der Waals surface area (Å²) in [6.45, 7) is 3.33. The quantitative estimate of drug-likeness (QED) is 0.881. The number of hydrogen-bond acceptors (Lipinski definition) is 5. The van der Waals surface area contributed by atoms with Crippen LogP contribution in [0.2, 0.25) is 0 Å². The first kappa shape index (κ1) is 17.0. The molecule has 2 aromatic carbocycles. The van der Waals surface area contributed by atoms with Gasteiger partial charge in [-0.25, -0.2) is 8.42 Å². The predicted octanol–water partition coefficient (Wildman–Crippen LogP) is 3.43. The molecule has 5 nitrogen and oxygen atoms in total. The molecule has 1 heterocycles. The van der Waals surface area contributed by atoms with E-state index >= 15 is 0 Å². The molecule has 0 fully saturated rings. The minimum absolute atomic E-state index is 0.285. The first-order chi connectivity index (χ1) is 11.5. The van der Waals surface area contributed by atoms with Crippen LogP contribution in [0.25, 0.3) is 0 Å². The summed E-state index contributed by atoms with van der Waals surface area (Å²) in [4.78, 5) is 1.37. The summed E-state index contributed by atoms with van der Waals surface area (Å²) in [5, 5.41) is 3.25. The van der Waals surface area contributed by atoms with E-state index in [9.17, 15) is 8.42 Å². The van der Waals surface area contributed by atoms with Crippen LogP contribution in [-0.4, -0.2) is 34.4 Å². The van der Waals surface area contributed by atoms with Crippen molar-refractivity contribution in [3.63, 3.8) is 0 Å². The lowest BCUT2D eigenvalue weighted by molar-refractivity contribution is 0.340. The Hall–Kier alpha value is -1.86. The zero-order valence-electron chi connectivity index (χ0n) is 13.7. The van der Waals surface area contributed by atoms with Crippen LogP contribution >= 0.6 is 11.8 Å². The minimum Gasteiger partial charge on any atom is -0.494 e. The molecule has 0 amide bonds. The van der Waals surface area contributed by atoms with Crippen LogP contribution in [0.1, 0.15) is 6.92 Å². The van der Waals surface area contributed by atoms with Gasteiger partial charge in [-0.15, -0.1) is 11.8 Å². The minimum atomic E-state index is -3.61. The van der Waals surface area contributed by atoms with Gasteiger partial charge in [0.15, 0.2) is 0 Å². The lowest BCUT2D eigenvalue weighted by Gasteiger charge is -2.22. The highest BCUT2D eigenvalue weighted by Gasteiger charge is 2.23. The fraction of sp³-hybridized carbons (Fsp3) is 0.294. The van der Waals surface area contributed by atoms with Crippen LogP contribution in [-0.2, 0) is 10.0 Å². The molecular formula is C17H20N2O3S2. The molecule has 0 atom stereocenters. The first-order valence-corrected chi connectivity index (χ1v) is 10.2. The van der Waals surface area contributed by atoms with E-state index in [4.69, 9.17) is 4.74 Å². The maximum atomic E-state index is 12.9. The zero-order valence-corrected chi connectivity index (χ0v) is 15.3. The Kier molecular flexibility index (Phi) is 4.91. The molecule has 128 valence electrons. The Labute approximate surface area is 147 Å². The smallest absolute Gasteiger partial charge is 0.264 e. The maximum absolute atomic E-state index is 12.9. The molecule has 0 saturated heterocycles. The number of nitrogens with zero attached hydrogens (tertiary/aromatic N) is 1. The van der Waals surface area contributed by atoms with Gasteiger partial charge in [-0.2, -0.15) is 0 Å². The number of ether oxygens (including phenoxy) is 1. The molecule has 1 aliphatic rings. The fourth-order valence-corrected chi connectivity index (χ4v) is 4.59. The van der Waals surface area contributed by atoms with Crippen molar-refractivity contribution in [2.75, 3.05) is 35.6 Å². The molecule has 0 saturated carbocycles. The maximum Gasteiger partial charge on any atom is 0.264 e. The highest BCUT2D eigenvalue weighted by atomic mass is 32.2. The largest absolute Gasteiger partial charge is 0.494 e. The van der Waals surface area contributed by atoms with Crippen molar-refractivity contribution in [1.82, 2.24) is 0 Å². The van der Waals surface area contributed by atoms with Crippen LogP contribution in [0, 0.1) is 0 Å². The molecule has 2 aromatic rings. The summed E-state index contributed by atoms with van der Waals surface area (Å²) < 4.78 is 32.5. The second-order valence-electron chi connectivity index (χ2n) is 5.33. The summed E-state index contributed by atoms with van der Waals surface area (Å²) in [6.07, 6.45) is 0. The third kappa shape index (κ3) is 3.32. The van der Waals surface area contributed by atoms with E-state index in [1.54, 1.807) is 55.2 Å². The number of thioether (sulfide) groups is 1. The SMILES string of the molecule is CCOc1ccc(N(C)S(=O)(=O)c2ccc3c(c2)NCCS3)cc1. The molecule has 0 spiro atoms. The van der Waals surface area contributed by atoms with Crippen LogP contribution in [0.5, 0.6) is 5.75 Å². The average Bonchev–Trinajstić information content (AvgIpc) is 2.61. The number of hydrogen-bond donors (Lipinski definition) is 1. The van der Waals surface area contributed by atoms with Crippen LogP contribution in [0.3, 0.4) is 0 Å². The van der Waals surface area contributed by atoms with E-state index in [-0.39, 0.29) is 4.90 Å². The molecule has 0 aliphatic carbocycles. The Morgan fingerprint density at radius 2 is 1.96 bits per heavy atom. The Bertz CT molecular complexity index is 820. The molecule has 7 heteroatoms. The van der Waals surface area contributed by atoms with Crippen LogP contribution in [0.15, 0.2) is 52.3 Å². The molecule has 1 N–H and O–H groups in total. The normalized spacial score (nSPS) is 13.8. The van der Waals surface area contributed by atoms with Crippen LogP contribution in [0.4, 0.5) is 11.4 Å². The van der Waals surface area contributed by atoms with Gasteiger partial charge in [0, 0.05) is 29.9 Å². The Morgan fingerprint density at radius 3 is 2.67 bits per heavy atom. The van der Waals surface area contributed by atoms with E-state index in [0.717, 1.165) is 28.6 Å². The molecule has 0 bridgehead atoms. The van der Waals surface area contributed by atoms with Gasteiger partial charge in [0.1, 0.15) is 5.75 Å². The van der Waals surface area contributed by atoms with Crippen molar-refractivity contribution in [3.05, 3.63) is 42.5 Å². The summed E-state index contributed by atoms with van der Waals surface area (Å²) in [7, 11) is -2.05. The van der Waals surface area contributed by atoms with Crippen molar-refractivity contribution >= 4 is 33.2 Å². The lowest BCUT2D eigenvalue weighted by atomic mass is 10.3. The van der Waals surface area contributed by atoms with Gasteiger partial charge in [-0.1, -0.05) is 0 Å². The molecular weight excluding hydrogens is 344 g/mol. The van der Waals surface area contributed by atoms with Crippen molar-refractivity contribution < 1.29 is 13.2 Å². The van der Waals surface area contributed by atoms with E-state index in [1.807, 2.05) is 13.0 Å². The van der Waals surface area contributed by atoms with Gasteiger partial charge >= 0.3 is 0 Å². The van der Waals surface area contributed by atoms with Crippen molar-refractivity contribution in [1.29, 1.82) is 0 Å². The van der Waals surface area contributed by atoms with E-state index in [0.29, 0.717) is 12.3 Å². The fourth-order valence-electron chi connectivity index (χ4n) is 2.50. The average molecular weight is 364 g/mol. The number of sulfonamides is 1. The van der Waals surface area contributed by atoms with Gasteiger partial charge in [0.25, 0.3) is 10.0 Å². The summed E-state index contributed by atoms with van der Waals surface area (Å²) >= 11 is 1.73. The molecule has 0 unspecified atom stereocenters. The van der Waals surface area contributed by atoms with E-state index in [2.05, 4.69) is 5.32 Å². The second kappa shape index (κ2) is 6.94.